The summed E-state index contributed by atoms with van der Waals surface area (Å²) in [6.07, 6.45) is 0. The second-order valence-electron chi connectivity index (χ2n) is 7.13. The minimum absolute atomic E-state index is 0.0441. The van der Waals surface area contributed by atoms with Crippen LogP contribution in [0, 0.1) is 0 Å². The summed E-state index contributed by atoms with van der Waals surface area (Å²) >= 11 is 2.50. The van der Waals surface area contributed by atoms with Crippen molar-refractivity contribution in [1.82, 2.24) is 9.80 Å². The molecule has 0 radical (unpaired) electrons. The number of esters is 1. The Morgan fingerprint density at radius 1 is 1.00 bits per heavy atom. The van der Waals surface area contributed by atoms with E-state index >= 15 is 0 Å². The Morgan fingerprint density at radius 2 is 1.74 bits per heavy atom. The smallest absolute Gasteiger partial charge is 0.341 e. The monoisotopic (exact) mass is 497 g/mol. The molecule has 1 saturated heterocycles. The van der Waals surface area contributed by atoms with E-state index in [1.54, 1.807) is 30.5 Å². The maximum absolute atomic E-state index is 12.7. The van der Waals surface area contributed by atoms with E-state index in [1.165, 1.54) is 11.3 Å². The summed E-state index contributed by atoms with van der Waals surface area (Å²) in [7, 11) is 0. The van der Waals surface area contributed by atoms with Crippen LogP contribution >= 0.6 is 22.7 Å². The first-order valence-corrected chi connectivity index (χ1v) is 11.9. The average Bonchev–Trinajstić information content (AvgIpc) is 3.54. The molecule has 9 nitrogen and oxygen atoms in total. The van der Waals surface area contributed by atoms with Gasteiger partial charge >= 0.3 is 23.8 Å². The number of benzene rings is 1. The fraction of sp³-hybridized carbons (Fsp3) is 0.174. The molecule has 3 aromatic rings. The number of anilines is 1. The van der Waals surface area contributed by atoms with Gasteiger partial charge in [0.1, 0.15) is 11.5 Å². The number of ether oxygens (including phenoxy) is 1. The Bertz CT molecular complexity index is 1250. The van der Waals surface area contributed by atoms with Gasteiger partial charge in [-0.05, 0) is 30.0 Å². The van der Waals surface area contributed by atoms with Crippen LogP contribution < -0.4 is 5.32 Å². The largest absolute Gasteiger partial charge is 0.462 e. The summed E-state index contributed by atoms with van der Waals surface area (Å²) in [4.78, 5) is 65.3. The third-order valence-corrected chi connectivity index (χ3v) is 6.83. The molecular formula is C23H19N3O6S2. The van der Waals surface area contributed by atoms with Crippen molar-refractivity contribution in [2.75, 3.05) is 18.5 Å². The van der Waals surface area contributed by atoms with Crippen molar-refractivity contribution < 1.29 is 28.7 Å². The van der Waals surface area contributed by atoms with E-state index in [1.807, 2.05) is 30.3 Å². The van der Waals surface area contributed by atoms with E-state index in [0.717, 1.165) is 31.6 Å². The molecule has 5 amide bonds. The zero-order chi connectivity index (χ0) is 24.2. The molecule has 1 fully saturated rings. The lowest BCUT2D eigenvalue weighted by molar-refractivity contribution is -0.143. The second kappa shape index (κ2) is 9.98. The van der Waals surface area contributed by atoms with Gasteiger partial charge in [-0.2, -0.15) is 0 Å². The molecule has 2 aromatic heterocycles. The van der Waals surface area contributed by atoms with Gasteiger partial charge in [-0.3, -0.25) is 19.3 Å². The summed E-state index contributed by atoms with van der Waals surface area (Å²) in [6.45, 7) is 1.12. The molecule has 1 aromatic carbocycles. The highest BCUT2D eigenvalue weighted by Crippen LogP contribution is 2.36. The molecule has 34 heavy (non-hydrogen) atoms. The van der Waals surface area contributed by atoms with Crippen molar-refractivity contribution in [2.24, 2.45) is 0 Å². The molecule has 1 N–H and O–H groups in total. The van der Waals surface area contributed by atoms with Gasteiger partial charge in [0.15, 0.2) is 0 Å². The van der Waals surface area contributed by atoms with E-state index in [0.29, 0.717) is 4.90 Å². The first kappa shape index (κ1) is 23.3. The summed E-state index contributed by atoms with van der Waals surface area (Å²) in [5.41, 5.74) is 1.01. The number of hydrogen-bond donors (Lipinski definition) is 1. The first-order valence-electron chi connectivity index (χ1n) is 10.2. The number of nitrogens with one attached hydrogen (secondary N) is 1. The number of rotatable bonds is 8. The fourth-order valence-electron chi connectivity index (χ4n) is 3.29. The molecule has 0 unspecified atom stereocenters. The molecule has 0 atom stereocenters. The second-order valence-corrected chi connectivity index (χ2v) is 9.22. The van der Waals surface area contributed by atoms with E-state index in [9.17, 15) is 24.0 Å². The summed E-state index contributed by atoms with van der Waals surface area (Å²) < 4.78 is 5.09. The van der Waals surface area contributed by atoms with Crippen LogP contribution in [0.3, 0.4) is 0 Å². The number of thiophene rings is 2. The zero-order valence-corrected chi connectivity index (χ0v) is 19.6. The molecule has 1 aliphatic rings. The number of hydrogen-bond acceptors (Lipinski definition) is 8. The van der Waals surface area contributed by atoms with Gasteiger partial charge < -0.3 is 10.1 Å². The van der Waals surface area contributed by atoms with Crippen LogP contribution in [0.2, 0.25) is 0 Å². The predicted octanol–water partition coefficient (Wildman–Crippen LogP) is 3.58. The van der Waals surface area contributed by atoms with Crippen LogP contribution in [0.4, 0.5) is 9.80 Å². The number of carbonyl (C=O) groups is 5. The molecule has 11 heteroatoms. The average molecular weight is 498 g/mol. The third-order valence-electron chi connectivity index (χ3n) is 4.87. The van der Waals surface area contributed by atoms with Crippen molar-refractivity contribution in [2.45, 2.75) is 13.5 Å². The van der Waals surface area contributed by atoms with E-state index in [4.69, 9.17) is 4.74 Å². The molecule has 0 saturated carbocycles. The minimum atomic E-state index is -1.07. The van der Waals surface area contributed by atoms with Crippen LogP contribution in [0.15, 0.2) is 53.9 Å². The highest BCUT2D eigenvalue weighted by molar-refractivity contribution is 7.20. The summed E-state index contributed by atoms with van der Waals surface area (Å²) in [6, 6.07) is 13.5. The Labute approximate surface area is 202 Å². The third kappa shape index (κ3) is 4.75. The summed E-state index contributed by atoms with van der Waals surface area (Å²) in [5, 5.41) is 4.60. The van der Waals surface area contributed by atoms with Crippen LogP contribution in [0.5, 0.6) is 0 Å². The van der Waals surface area contributed by atoms with Crippen molar-refractivity contribution in [3.8, 4) is 10.4 Å². The fourth-order valence-corrected chi connectivity index (χ4v) is 5.05. The number of urea groups is 1. The molecule has 174 valence electrons. The van der Waals surface area contributed by atoms with Gasteiger partial charge in [0.25, 0.3) is 0 Å². The number of nitrogens with zero attached hydrogens (tertiary/aromatic N) is 2. The first-order chi connectivity index (χ1) is 16.4. The van der Waals surface area contributed by atoms with Crippen LogP contribution in [0.1, 0.15) is 22.2 Å². The SMILES string of the molecule is CCOC(=O)c1cc(-c2ccccc2)sc1NC(=O)CN1C(=O)C(=O)N(Cc2cccs2)C1=O. The lowest BCUT2D eigenvalue weighted by Crippen LogP contribution is -2.38. The minimum Gasteiger partial charge on any atom is -0.462 e. The molecule has 4 rings (SSSR count). The number of carbonyl (C=O) groups excluding carboxylic acids is 5. The van der Waals surface area contributed by atoms with Gasteiger partial charge in [-0.15, -0.1) is 22.7 Å². The Balaban J connectivity index is 1.51. The summed E-state index contributed by atoms with van der Waals surface area (Å²) in [5.74, 6) is -3.39. The predicted molar refractivity (Wildman–Crippen MR) is 126 cm³/mol. The van der Waals surface area contributed by atoms with Crippen molar-refractivity contribution in [3.05, 3.63) is 64.4 Å². The highest BCUT2D eigenvalue weighted by Gasteiger charge is 2.45. The standard InChI is InChI=1S/C23H19N3O6S2/c1-2-32-22(30)16-11-17(14-7-4-3-5-8-14)34-19(16)24-18(27)13-26-21(29)20(28)25(23(26)31)12-15-9-6-10-33-15/h3-11H,2,12-13H2,1H3,(H,24,27). The molecule has 1 aliphatic heterocycles. The topological polar surface area (TPSA) is 113 Å². The van der Waals surface area contributed by atoms with Crippen LogP contribution in [-0.4, -0.2) is 52.7 Å². The van der Waals surface area contributed by atoms with Crippen molar-refractivity contribution in [1.29, 1.82) is 0 Å². The highest BCUT2D eigenvalue weighted by atomic mass is 32.1. The number of imide groups is 2. The van der Waals surface area contributed by atoms with Crippen LogP contribution in [0.25, 0.3) is 10.4 Å². The van der Waals surface area contributed by atoms with Crippen molar-refractivity contribution >= 4 is 57.4 Å². The molecule has 0 aliphatic carbocycles. The van der Waals surface area contributed by atoms with Gasteiger partial charge in [0, 0.05) is 9.75 Å². The normalized spacial score (nSPS) is 13.5. The molecule has 0 bridgehead atoms. The van der Waals surface area contributed by atoms with E-state index in [2.05, 4.69) is 5.32 Å². The van der Waals surface area contributed by atoms with Gasteiger partial charge in [0.05, 0.1) is 18.7 Å². The van der Waals surface area contributed by atoms with Gasteiger partial charge in [0.2, 0.25) is 5.91 Å². The maximum Gasteiger partial charge on any atom is 0.341 e. The van der Waals surface area contributed by atoms with Crippen molar-refractivity contribution in [3.63, 3.8) is 0 Å². The van der Waals surface area contributed by atoms with Gasteiger partial charge in [-0.25, -0.2) is 14.5 Å². The number of amides is 5. The van der Waals surface area contributed by atoms with Gasteiger partial charge in [-0.1, -0.05) is 36.4 Å². The van der Waals surface area contributed by atoms with Crippen LogP contribution in [-0.2, 0) is 25.7 Å². The zero-order valence-electron chi connectivity index (χ0n) is 18.0. The molecular weight excluding hydrogens is 478 g/mol. The Kier molecular flexibility index (Phi) is 6.85. The van der Waals surface area contributed by atoms with E-state index in [-0.39, 0.29) is 23.7 Å². The quantitative estimate of drug-likeness (QED) is 0.289. The molecule has 0 spiro atoms. The Morgan fingerprint density at radius 3 is 2.41 bits per heavy atom. The van der Waals surface area contributed by atoms with E-state index < -0.39 is 36.3 Å². The lowest BCUT2D eigenvalue weighted by Gasteiger charge is -2.14. The Hall–Kier alpha value is -3.83. The maximum atomic E-state index is 12.7. The lowest BCUT2D eigenvalue weighted by atomic mass is 10.1. The molecule has 3 heterocycles.